The van der Waals surface area contributed by atoms with E-state index in [1.165, 1.54) is 19.3 Å². The Morgan fingerprint density at radius 3 is 3.06 bits per heavy atom. The highest BCUT2D eigenvalue weighted by atomic mass is 16.5. The lowest BCUT2D eigenvalue weighted by molar-refractivity contribution is 0.217. The Bertz CT molecular complexity index is 374. The molecule has 2 fully saturated rings. The lowest BCUT2D eigenvalue weighted by atomic mass is 10.2. The lowest BCUT2D eigenvalue weighted by Gasteiger charge is -2.22. The van der Waals surface area contributed by atoms with E-state index in [0.29, 0.717) is 6.04 Å². The molecule has 5 nitrogen and oxygen atoms in total. The Morgan fingerprint density at radius 1 is 1.47 bits per heavy atom. The molecule has 0 bridgehead atoms. The van der Waals surface area contributed by atoms with Crippen molar-refractivity contribution in [3.05, 3.63) is 11.7 Å². The fourth-order valence-corrected chi connectivity index (χ4v) is 2.58. The second-order valence-corrected chi connectivity index (χ2v) is 5.22. The Balaban J connectivity index is 1.60. The molecular formula is C12H20N4O. The van der Waals surface area contributed by atoms with Crippen LogP contribution in [-0.4, -0.2) is 40.7 Å². The summed E-state index contributed by atoms with van der Waals surface area (Å²) in [6.07, 6.45) is 3.99. The summed E-state index contributed by atoms with van der Waals surface area (Å²) in [5.74, 6) is 2.38. The van der Waals surface area contributed by atoms with Gasteiger partial charge in [0.25, 0.3) is 0 Å². The second-order valence-electron chi connectivity index (χ2n) is 5.22. The molecule has 5 heteroatoms. The van der Waals surface area contributed by atoms with E-state index in [0.717, 1.165) is 43.8 Å². The third-order valence-electron chi connectivity index (χ3n) is 3.63. The van der Waals surface area contributed by atoms with E-state index in [-0.39, 0.29) is 0 Å². The Labute approximate surface area is 102 Å². The van der Waals surface area contributed by atoms with Crippen molar-refractivity contribution in [3.63, 3.8) is 0 Å². The van der Waals surface area contributed by atoms with E-state index >= 15 is 0 Å². The van der Waals surface area contributed by atoms with E-state index in [4.69, 9.17) is 4.52 Å². The Morgan fingerprint density at radius 2 is 2.35 bits per heavy atom. The predicted molar refractivity (Wildman–Crippen MR) is 63.4 cm³/mol. The maximum atomic E-state index is 5.20. The van der Waals surface area contributed by atoms with Gasteiger partial charge in [-0.2, -0.15) is 4.98 Å². The molecule has 17 heavy (non-hydrogen) atoms. The fraction of sp³-hybridized carbons (Fsp3) is 0.833. The molecule has 1 saturated heterocycles. The molecule has 0 spiro atoms. The van der Waals surface area contributed by atoms with Gasteiger partial charge in [0.05, 0.1) is 6.54 Å². The molecule has 1 aliphatic carbocycles. The molecule has 0 aromatic carbocycles. The van der Waals surface area contributed by atoms with Gasteiger partial charge in [-0.25, -0.2) is 0 Å². The van der Waals surface area contributed by atoms with Crippen molar-refractivity contribution in [2.24, 2.45) is 5.92 Å². The minimum Gasteiger partial charge on any atom is -0.338 e. The first kappa shape index (κ1) is 11.2. The Kier molecular flexibility index (Phi) is 3.11. The summed E-state index contributed by atoms with van der Waals surface area (Å²) in [7, 11) is 0. The molecule has 2 aliphatic rings. The van der Waals surface area contributed by atoms with Gasteiger partial charge < -0.3 is 9.84 Å². The van der Waals surface area contributed by atoms with E-state index in [1.807, 2.05) is 6.92 Å². The minimum atomic E-state index is 0.668. The van der Waals surface area contributed by atoms with Crippen molar-refractivity contribution in [3.8, 4) is 0 Å². The number of aryl methyl sites for hydroxylation is 1. The third kappa shape index (κ3) is 2.84. The largest absolute Gasteiger partial charge is 0.338 e. The van der Waals surface area contributed by atoms with Crippen molar-refractivity contribution in [2.75, 3.05) is 19.6 Å². The van der Waals surface area contributed by atoms with Gasteiger partial charge in [-0.3, -0.25) is 4.90 Å². The van der Waals surface area contributed by atoms with Gasteiger partial charge in [0.1, 0.15) is 0 Å². The van der Waals surface area contributed by atoms with Crippen molar-refractivity contribution in [1.82, 2.24) is 20.4 Å². The SMILES string of the molecule is Cc1noc(CN2CCCNC(C3CC3)C2)n1. The summed E-state index contributed by atoms with van der Waals surface area (Å²) in [5.41, 5.74) is 0. The molecule has 1 atom stereocenters. The van der Waals surface area contributed by atoms with E-state index < -0.39 is 0 Å². The first-order chi connectivity index (χ1) is 8.31. The van der Waals surface area contributed by atoms with Crippen LogP contribution in [0.2, 0.25) is 0 Å². The zero-order chi connectivity index (χ0) is 11.7. The van der Waals surface area contributed by atoms with E-state index in [1.54, 1.807) is 0 Å². The molecule has 1 aromatic heterocycles. The van der Waals surface area contributed by atoms with Gasteiger partial charge in [0.15, 0.2) is 5.82 Å². The van der Waals surface area contributed by atoms with Crippen LogP contribution < -0.4 is 5.32 Å². The zero-order valence-corrected chi connectivity index (χ0v) is 10.4. The van der Waals surface area contributed by atoms with Crippen LogP contribution in [0.1, 0.15) is 31.0 Å². The minimum absolute atomic E-state index is 0.668. The predicted octanol–water partition coefficient (Wildman–Crippen LogP) is 0.952. The van der Waals surface area contributed by atoms with Crippen LogP contribution in [-0.2, 0) is 6.54 Å². The van der Waals surface area contributed by atoms with Crippen LogP contribution in [0.4, 0.5) is 0 Å². The maximum Gasteiger partial charge on any atom is 0.240 e. The molecule has 3 rings (SSSR count). The molecule has 0 amide bonds. The average molecular weight is 236 g/mol. The van der Waals surface area contributed by atoms with Gasteiger partial charge in [0, 0.05) is 12.6 Å². The van der Waals surface area contributed by atoms with E-state index in [9.17, 15) is 0 Å². The normalized spacial score (nSPS) is 27.0. The third-order valence-corrected chi connectivity index (χ3v) is 3.63. The number of hydrogen-bond acceptors (Lipinski definition) is 5. The van der Waals surface area contributed by atoms with Crippen LogP contribution in [0.15, 0.2) is 4.52 Å². The first-order valence-electron chi connectivity index (χ1n) is 6.56. The summed E-state index contributed by atoms with van der Waals surface area (Å²) in [4.78, 5) is 6.72. The number of rotatable bonds is 3. The van der Waals surface area contributed by atoms with Crippen LogP contribution in [0.25, 0.3) is 0 Å². The summed E-state index contributed by atoms with van der Waals surface area (Å²) < 4.78 is 5.20. The van der Waals surface area contributed by atoms with Gasteiger partial charge in [0.2, 0.25) is 5.89 Å². The molecule has 1 N–H and O–H groups in total. The van der Waals surface area contributed by atoms with Crippen LogP contribution in [0, 0.1) is 12.8 Å². The zero-order valence-electron chi connectivity index (χ0n) is 10.4. The summed E-state index contributed by atoms with van der Waals surface area (Å²) in [6.45, 7) is 6.04. The fourth-order valence-electron chi connectivity index (χ4n) is 2.58. The van der Waals surface area contributed by atoms with Crippen LogP contribution in [0.5, 0.6) is 0 Å². The van der Waals surface area contributed by atoms with Crippen molar-refractivity contribution < 1.29 is 4.52 Å². The summed E-state index contributed by atoms with van der Waals surface area (Å²) in [6, 6.07) is 0.668. The standard InChI is InChI=1S/C12H20N4O/c1-9-14-12(17-15-9)8-16-6-2-5-13-11(7-16)10-3-4-10/h10-11,13H,2-8H2,1H3. The molecule has 1 unspecified atom stereocenters. The second kappa shape index (κ2) is 4.74. The number of aromatic nitrogens is 2. The lowest BCUT2D eigenvalue weighted by Crippen LogP contribution is -2.39. The molecule has 0 radical (unpaired) electrons. The highest BCUT2D eigenvalue weighted by Gasteiger charge is 2.33. The Hall–Kier alpha value is -0.940. The monoisotopic (exact) mass is 236 g/mol. The smallest absolute Gasteiger partial charge is 0.240 e. The quantitative estimate of drug-likeness (QED) is 0.847. The van der Waals surface area contributed by atoms with Gasteiger partial charge in [-0.05, 0) is 45.2 Å². The van der Waals surface area contributed by atoms with Crippen molar-refractivity contribution in [1.29, 1.82) is 0 Å². The van der Waals surface area contributed by atoms with Crippen LogP contribution >= 0.6 is 0 Å². The molecule has 1 aromatic rings. The summed E-state index contributed by atoms with van der Waals surface area (Å²) in [5, 5.41) is 7.50. The number of nitrogens with zero attached hydrogens (tertiary/aromatic N) is 3. The summed E-state index contributed by atoms with van der Waals surface area (Å²) >= 11 is 0. The molecule has 2 heterocycles. The average Bonchev–Trinajstić information content (AvgIpc) is 3.07. The van der Waals surface area contributed by atoms with E-state index in [2.05, 4.69) is 20.4 Å². The first-order valence-corrected chi connectivity index (χ1v) is 6.56. The molecular weight excluding hydrogens is 216 g/mol. The van der Waals surface area contributed by atoms with Gasteiger partial charge in [-0.15, -0.1) is 0 Å². The van der Waals surface area contributed by atoms with Crippen LogP contribution in [0.3, 0.4) is 0 Å². The molecule has 1 saturated carbocycles. The topological polar surface area (TPSA) is 54.2 Å². The molecule has 94 valence electrons. The van der Waals surface area contributed by atoms with Crippen molar-refractivity contribution >= 4 is 0 Å². The van der Waals surface area contributed by atoms with Gasteiger partial charge in [-0.1, -0.05) is 5.16 Å². The number of nitrogens with one attached hydrogen (secondary N) is 1. The van der Waals surface area contributed by atoms with Crippen molar-refractivity contribution in [2.45, 2.75) is 38.8 Å². The van der Waals surface area contributed by atoms with Gasteiger partial charge >= 0.3 is 0 Å². The highest BCUT2D eigenvalue weighted by molar-refractivity contribution is 4.91. The molecule has 1 aliphatic heterocycles. The maximum absolute atomic E-state index is 5.20. The number of hydrogen-bond donors (Lipinski definition) is 1. The highest BCUT2D eigenvalue weighted by Crippen LogP contribution is 2.33.